The molecule has 23 heavy (non-hydrogen) atoms. The molecule has 2 rings (SSSR count). The smallest absolute Gasteiger partial charge is 0.324 e. The average Bonchev–Trinajstić information content (AvgIpc) is 2.76. The van der Waals surface area contributed by atoms with Gasteiger partial charge in [-0.3, -0.25) is 14.5 Å². The van der Waals surface area contributed by atoms with Gasteiger partial charge in [0.05, 0.1) is 0 Å². The number of amides is 4. The van der Waals surface area contributed by atoms with E-state index in [-0.39, 0.29) is 18.4 Å². The van der Waals surface area contributed by atoms with E-state index >= 15 is 0 Å². The van der Waals surface area contributed by atoms with Crippen LogP contribution in [0.5, 0.6) is 0 Å². The maximum atomic E-state index is 12.5. The Kier molecular flexibility index (Phi) is 4.73. The molecule has 6 heteroatoms. The summed E-state index contributed by atoms with van der Waals surface area (Å²) in [7, 11) is 0. The van der Waals surface area contributed by atoms with Crippen molar-refractivity contribution in [2.24, 2.45) is 0 Å². The predicted octanol–water partition coefficient (Wildman–Crippen LogP) is 2.35. The number of nitrogens with one attached hydrogen (secondary N) is 2. The Morgan fingerprint density at radius 1 is 1.17 bits per heavy atom. The second-order valence-electron chi connectivity index (χ2n) is 5.93. The first-order valence-electron chi connectivity index (χ1n) is 7.84. The molecule has 0 aromatic heterocycles. The summed E-state index contributed by atoms with van der Waals surface area (Å²) < 4.78 is 0. The molecule has 1 aliphatic heterocycles. The zero-order valence-corrected chi connectivity index (χ0v) is 14.0. The van der Waals surface area contributed by atoms with Gasteiger partial charge in [-0.05, 0) is 37.8 Å². The molecule has 0 saturated carbocycles. The van der Waals surface area contributed by atoms with Crippen molar-refractivity contribution in [1.29, 1.82) is 0 Å². The molecular formula is C17H23N3O3. The van der Waals surface area contributed by atoms with Gasteiger partial charge in [-0.1, -0.05) is 32.0 Å². The summed E-state index contributed by atoms with van der Waals surface area (Å²) in [4.78, 5) is 37.8. The van der Waals surface area contributed by atoms with Gasteiger partial charge in [-0.15, -0.1) is 0 Å². The Morgan fingerprint density at radius 2 is 1.74 bits per heavy atom. The zero-order valence-electron chi connectivity index (χ0n) is 14.0. The van der Waals surface area contributed by atoms with Crippen LogP contribution in [0.2, 0.25) is 0 Å². The topological polar surface area (TPSA) is 78.5 Å². The van der Waals surface area contributed by atoms with Crippen LogP contribution in [0.25, 0.3) is 0 Å². The molecule has 0 spiro atoms. The van der Waals surface area contributed by atoms with E-state index in [4.69, 9.17) is 0 Å². The molecule has 0 bridgehead atoms. The van der Waals surface area contributed by atoms with Crippen LogP contribution in [0.3, 0.4) is 0 Å². The predicted molar refractivity (Wildman–Crippen MR) is 88.1 cm³/mol. The van der Waals surface area contributed by atoms with E-state index < -0.39 is 11.6 Å². The highest BCUT2D eigenvalue weighted by molar-refractivity contribution is 6.10. The van der Waals surface area contributed by atoms with E-state index in [9.17, 15) is 14.4 Å². The van der Waals surface area contributed by atoms with E-state index in [2.05, 4.69) is 10.6 Å². The lowest BCUT2D eigenvalue weighted by Crippen LogP contribution is -2.46. The van der Waals surface area contributed by atoms with Gasteiger partial charge in [-0.25, -0.2) is 4.79 Å². The van der Waals surface area contributed by atoms with Crippen LogP contribution in [-0.4, -0.2) is 34.8 Å². The highest BCUT2D eigenvalue weighted by atomic mass is 16.2. The number of aryl methyl sites for hydroxylation is 2. The number of para-hydroxylation sites is 1. The third-order valence-electron chi connectivity index (χ3n) is 4.50. The lowest BCUT2D eigenvalue weighted by molar-refractivity contribution is -0.134. The van der Waals surface area contributed by atoms with Crippen LogP contribution in [-0.2, 0) is 9.59 Å². The number of carbonyl (C=O) groups excluding carboxylic acids is 3. The fourth-order valence-corrected chi connectivity index (χ4v) is 2.88. The minimum atomic E-state index is -0.879. The van der Waals surface area contributed by atoms with E-state index in [1.165, 1.54) is 0 Å². The van der Waals surface area contributed by atoms with Crippen LogP contribution in [0.15, 0.2) is 18.2 Å². The van der Waals surface area contributed by atoms with Crippen molar-refractivity contribution in [3.8, 4) is 0 Å². The number of benzene rings is 1. The first kappa shape index (κ1) is 17.0. The summed E-state index contributed by atoms with van der Waals surface area (Å²) >= 11 is 0. The number of urea groups is 1. The fraction of sp³-hybridized carbons (Fsp3) is 0.471. The minimum absolute atomic E-state index is 0.278. The van der Waals surface area contributed by atoms with Crippen LogP contribution < -0.4 is 10.6 Å². The Balaban J connectivity index is 2.12. The van der Waals surface area contributed by atoms with Crippen molar-refractivity contribution in [2.45, 2.75) is 46.1 Å². The summed E-state index contributed by atoms with van der Waals surface area (Å²) in [5.74, 6) is -0.710. The van der Waals surface area contributed by atoms with Crippen molar-refractivity contribution in [2.75, 3.05) is 11.9 Å². The largest absolute Gasteiger partial charge is 0.325 e. The third-order valence-corrected chi connectivity index (χ3v) is 4.50. The summed E-state index contributed by atoms with van der Waals surface area (Å²) in [6, 6.07) is 5.20. The average molecular weight is 317 g/mol. The molecule has 2 N–H and O–H groups in total. The molecule has 1 saturated heterocycles. The minimum Gasteiger partial charge on any atom is -0.324 e. The molecule has 4 amide bonds. The van der Waals surface area contributed by atoms with Crippen LogP contribution in [0, 0.1) is 13.8 Å². The standard InChI is InChI=1S/C17H23N3O3/c1-5-17(6-2)15(22)20(16(23)19-17)10-13(21)18-14-11(3)8-7-9-12(14)4/h7-9H,5-6,10H2,1-4H3,(H,18,21)(H,19,23). The van der Waals surface area contributed by atoms with E-state index in [0.29, 0.717) is 12.8 Å². The van der Waals surface area contributed by atoms with Crippen molar-refractivity contribution in [3.63, 3.8) is 0 Å². The Hall–Kier alpha value is -2.37. The van der Waals surface area contributed by atoms with E-state index in [1.54, 1.807) is 0 Å². The van der Waals surface area contributed by atoms with Crippen LogP contribution in [0.4, 0.5) is 10.5 Å². The van der Waals surface area contributed by atoms with Gasteiger partial charge in [0.1, 0.15) is 12.1 Å². The van der Waals surface area contributed by atoms with Crippen molar-refractivity contribution < 1.29 is 14.4 Å². The van der Waals surface area contributed by atoms with E-state index in [1.807, 2.05) is 45.9 Å². The first-order chi connectivity index (χ1) is 10.8. The molecule has 0 aliphatic carbocycles. The van der Waals surface area contributed by atoms with Gasteiger partial charge in [0, 0.05) is 5.69 Å². The number of hydrogen-bond acceptors (Lipinski definition) is 3. The molecule has 1 aliphatic rings. The normalized spacial score (nSPS) is 16.4. The molecule has 6 nitrogen and oxygen atoms in total. The molecule has 1 aromatic rings. The maximum Gasteiger partial charge on any atom is 0.325 e. The zero-order chi connectivity index (χ0) is 17.2. The maximum absolute atomic E-state index is 12.5. The van der Waals surface area contributed by atoms with Crippen molar-refractivity contribution in [3.05, 3.63) is 29.3 Å². The summed E-state index contributed by atoms with van der Waals surface area (Å²) in [5.41, 5.74) is 1.72. The Morgan fingerprint density at radius 3 is 2.22 bits per heavy atom. The highest BCUT2D eigenvalue weighted by Crippen LogP contribution is 2.25. The van der Waals surface area contributed by atoms with Gasteiger partial charge in [0.2, 0.25) is 5.91 Å². The summed E-state index contributed by atoms with van der Waals surface area (Å²) in [6.07, 6.45) is 1.01. The fourth-order valence-electron chi connectivity index (χ4n) is 2.88. The van der Waals surface area contributed by atoms with Gasteiger partial charge >= 0.3 is 6.03 Å². The van der Waals surface area contributed by atoms with Gasteiger partial charge in [0.15, 0.2) is 0 Å². The molecule has 1 aromatic carbocycles. The monoisotopic (exact) mass is 317 g/mol. The molecular weight excluding hydrogens is 294 g/mol. The molecule has 1 heterocycles. The SMILES string of the molecule is CCC1(CC)NC(=O)N(CC(=O)Nc2c(C)cccc2C)C1=O. The van der Waals surface area contributed by atoms with Gasteiger partial charge in [0.25, 0.3) is 5.91 Å². The van der Waals surface area contributed by atoms with Crippen LogP contribution >= 0.6 is 0 Å². The number of carbonyl (C=O) groups is 3. The Labute approximate surface area is 136 Å². The lowest BCUT2D eigenvalue weighted by Gasteiger charge is -2.23. The van der Waals surface area contributed by atoms with Crippen LogP contribution in [0.1, 0.15) is 37.8 Å². The second kappa shape index (κ2) is 6.40. The molecule has 124 valence electrons. The molecule has 0 radical (unpaired) electrons. The number of hydrogen-bond donors (Lipinski definition) is 2. The molecule has 0 unspecified atom stereocenters. The highest BCUT2D eigenvalue weighted by Gasteiger charge is 2.49. The molecule has 0 atom stereocenters. The Bertz CT molecular complexity index is 630. The quantitative estimate of drug-likeness (QED) is 0.818. The number of nitrogens with zero attached hydrogens (tertiary/aromatic N) is 1. The third kappa shape index (κ3) is 3.06. The van der Waals surface area contributed by atoms with Crippen molar-refractivity contribution in [1.82, 2.24) is 10.2 Å². The summed E-state index contributed by atoms with van der Waals surface area (Å²) in [5, 5.41) is 5.51. The van der Waals surface area contributed by atoms with E-state index in [0.717, 1.165) is 21.7 Å². The first-order valence-corrected chi connectivity index (χ1v) is 7.84. The van der Waals surface area contributed by atoms with Gasteiger partial charge < -0.3 is 10.6 Å². The van der Waals surface area contributed by atoms with Crippen molar-refractivity contribution >= 4 is 23.5 Å². The number of imide groups is 1. The number of rotatable bonds is 5. The molecule has 1 fully saturated rings. The second-order valence-corrected chi connectivity index (χ2v) is 5.93. The number of anilines is 1. The van der Waals surface area contributed by atoms with Gasteiger partial charge in [-0.2, -0.15) is 0 Å². The lowest BCUT2D eigenvalue weighted by atomic mass is 9.93. The summed E-state index contributed by atoms with van der Waals surface area (Å²) in [6.45, 7) is 7.22.